The summed E-state index contributed by atoms with van der Waals surface area (Å²) >= 11 is 1.51. The number of benzene rings is 2. The van der Waals surface area contributed by atoms with Crippen LogP contribution in [0.25, 0.3) is 11.0 Å². The third-order valence-corrected chi connectivity index (χ3v) is 8.52. The Morgan fingerprint density at radius 1 is 1.08 bits per heavy atom. The lowest BCUT2D eigenvalue weighted by molar-refractivity contribution is -0.123. The largest absolute Gasteiger partial charge is 0.460 e. The van der Waals surface area contributed by atoms with E-state index >= 15 is 0 Å². The van der Waals surface area contributed by atoms with Crippen LogP contribution < -0.4 is 10.6 Å². The van der Waals surface area contributed by atoms with Gasteiger partial charge in [-0.1, -0.05) is 48.5 Å². The van der Waals surface area contributed by atoms with E-state index in [-0.39, 0.29) is 23.8 Å². The molecule has 0 radical (unpaired) electrons. The number of likely N-dealkylation sites (tertiary alicyclic amines) is 1. The molecule has 2 aromatic heterocycles. The topological polar surface area (TPSA) is 87.5 Å². The van der Waals surface area contributed by atoms with E-state index in [0.29, 0.717) is 18.0 Å². The van der Waals surface area contributed by atoms with Gasteiger partial charge in [-0.3, -0.25) is 14.5 Å². The van der Waals surface area contributed by atoms with Gasteiger partial charge in [-0.25, -0.2) is 4.98 Å². The average Bonchev–Trinajstić information content (AvgIpc) is 3.65. The summed E-state index contributed by atoms with van der Waals surface area (Å²) in [5.41, 5.74) is 2.89. The summed E-state index contributed by atoms with van der Waals surface area (Å²) in [5.74, 6) is 0.704. The molecule has 0 saturated carbocycles. The van der Waals surface area contributed by atoms with Crippen LogP contribution >= 0.6 is 11.3 Å². The van der Waals surface area contributed by atoms with Crippen molar-refractivity contribution >= 4 is 39.3 Å². The summed E-state index contributed by atoms with van der Waals surface area (Å²) in [6.45, 7) is 2.48. The van der Waals surface area contributed by atoms with Gasteiger partial charge in [0.2, 0.25) is 11.8 Å². The third kappa shape index (κ3) is 5.66. The van der Waals surface area contributed by atoms with E-state index in [1.807, 2.05) is 48.5 Å². The maximum atomic E-state index is 13.3. The van der Waals surface area contributed by atoms with E-state index in [2.05, 4.69) is 27.7 Å². The van der Waals surface area contributed by atoms with Crippen LogP contribution in [0.5, 0.6) is 0 Å². The second-order valence-corrected chi connectivity index (χ2v) is 11.4. The number of furan rings is 1. The fourth-order valence-electron chi connectivity index (χ4n) is 5.54. The SMILES string of the molecule is O=C(CCc1ccccc1)Nc1nc2c(s1)CCCC2C(=O)NC1CCN(Cc2cc3ccccc3o2)C1. The van der Waals surface area contributed by atoms with Crippen LogP contribution in [-0.2, 0) is 29.0 Å². The molecule has 4 aromatic rings. The van der Waals surface area contributed by atoms with Crippen molar-refractivity contribution in [3.05, 3.63) is 82.6 Å². The van der Waals surface area contributed by atoms with E-state index in [4.69, 9.17) is 9.40 Å². The lowest BCUT2D eigenvalue weighted by Crippen LogP contribution is -2.40. The summed E-state index contributed by atoms with van der Waals surface area (Å²) in [6.07, 6.45) is 4.68. The number of carbonyl (C=O) groups is 2. The number of aromatic nitrogens is 1. The maximum Gasteiger partial charge on any atom is 0.229 e. The predicted octanol–water partition coefficient (Wildman–Crippen LogP) is 5.27. The minimum Gasteiger partial charge on any atom is -0.460 e. The third-order valence-electron chi connectivity index (χ3n) is 7.48. The first-order valence-corrected chi connectivity index (χ1v) is 14.3. The number of hydrogen-bond donors (Lipinski definition) is 2. The van der Waals surface area contributed by atoms with Gasteiger partial charge in [0.25, 0.3) is 0 Å². The zero-order valence-corrected chi connectivity index (χ0v) is 22.1. The molecule has 7 nitrogen and oxygen atoms in total. The standard InChI is InChI=1S/C30H32N4O3S/c35-27(14-13-20-7-2-1-3-8-20)32-30-33-28-24(10-6-12-26(28)38-30)29(36)31-22-15-16-34(18-22)19-23-17-21-9-4-5-11-25(21)37-23/h1-5,7-9,11,17,22,24H,6,10,12-16,18-19H2,(H,31,36)(H,32,33,35). The molecule has 1 aliphatic heterocycles. The second kappa shape index (κ2) is 11.1. The monoisotopic (exact) mass is 528 g/mol. The van der Waals surface area contributed by atoms with Crippen LogP contribution in [-0.4, -0.2) is 40.8 Å². The molecule has 3 heterocycles. The van der Waals surface area contributed by atoms with Crippen LogP contribution in [0, 0.1) is 0 Å². The molecule has 2 atom stereocenters. The zero-order chi connectivity index (χ0) is 25.9. The Balaban J connectivity index is 1.03. The van der Waals surface area contributed by atoms with Gasteiger partial charge in [-0.05, 0) is 49.8 Å². The van der Waals surface area contributed by atoms with Gasteiger partial charge >= 0.3 is 0 Å². The molecule has 38 heavy (non-hydrogen) atoms. The van der Waals surface area contributed by atoms with Crippen molar-refractivity contribution in [2.24, 2.45) is 0 Å². The van der Waals surface area contributed by atoms with E-state index in [1.165, 1.54) is 11.3 Å². The quantitative estimate of drug-likeness (QED) is 0.325. The Bertz CT molecular complexity index is 1400. The summed E-state index contributed by atoms with van der Waals surface area (Å²) in [7, 11) is 0. The Hall–Kier alpha value is -3.49. The van der Waals surface area contributed by atoms with Crippen molar-refractivity contribution in [1.29, 1.82) is 0 Å². The van der Waals surface area contributed by atoms with Crippen LogP contribution in [0.4, 0.5) is 5.13 Å². The molecule has 2 aromatic carbocycles. The van der Waals surface area contributed by atoms with E-state index < -0.39 is 0 Å². The van der Waals surface area contributed by atoms with Gasteiger partial charge in [0, 0.05) is 35.8 Å². The van der Waals surface area contributed by atoms with Crippen molar-refractivity contribution in [1.82, 2.24) is 15.2 Å². The molecule has 2 N–H and O–H groups in total. The van der Waals surface area contributed by atoms with Crippen LogP contribution in [0.1, 0.15) is 53.5 Å². The number of thiazole rings is 1. The summed E-state index contributed by atoms with van der Waals surface area (Å²) < 4.78 is 5.98. The molecule has 8 heteroatoms. The van der Waals surface area contributed by atoms with Crippen LogP contribution in [0.15, 0.2) is 65.1 Å². The summed E-state index contributed by atoms with van der Waals surface area (Å²) in [4.78, 5) is 34.0. The first kappa shape index (κ1) is 24.8. The molecule has 6 rings (SSSR count). The number of rotatable bonds is 8. The molecule has 196 valence electrons. The Morgan fingerprint density at radius 2 is 1.92 bits per heavy atom. The molecule has 0 spiro atoms. The molecule has 1 aliphatic carbocycles. The molecule has 2 unspecified atom stereocenters. The van der Waals surface area contributed by atoms with Crippen LogP contribution in [0.3, 0.4) is 0 Å². The van der Waals surface area contributed by atoms with Crippen molar-refractivity contribution in [3.63, 3.8) is 0 Å². The van der Waals surface area contributed by atoms with Gasteiger partial charge in [0.15, 0.2) is 5.13 Å². The first-order valence-electron chi connectivity index (χ1n) is 13.4. The van der Waals surface area contributed by atoms with Gasteiger partial charge in [0.1, 0.15) is 11.3 Å². The number of anilines is 1. The average molecular weight is 529 g/mol. The summed E-state index contributed by atoms with van der Waals surface area (Å²) in [6, 6.07) is 20.3. The number of amides is 2. The number of nitrogens with one attached hydrogen (secondary N) is 2. The lowest BCUT2D eigenvalue weighted by Gasteiger charge is -2.23. The fraction of sp³-hybridized carbons (Fsp3) is 0.367. The van der Waals surface area contributed by atoms with Gasteiger partial charge < -0.3 is 15.1 Å². The highest BCUT2D eigenvalue weighted by atomic mass is 32.1. The van der Waals surface area contributed by atoms with Crippen molar-refractivity contribution in [3.8, 4) is 0 Å². The highest BCUT2D eigenvalue weighted by molar-refractivity contribution is 7.15. The van der Waals surface area contributed by atoms with Crippen molar-refractivity contribution in [2.75, 3.05) is 18.4 Å². The van der Waals surface area contributed by atoms with Crippen molar-refractivity contribution < 1.29 is 14.0 Å². The van der Waals surface area contributed by atoms with Crippen LogP contribution in [0.2, 0.25) is 0 Å². The molecule has 2 aliphatic rings. The molecule has 2 amide bonds. The highest BCUT2D eigenvalue weighted by Crippen LogP contribution is 2.37. The molecule has 0 bridgehead atoms. The number of aryl methyl sites for hydroxylation is 2. The number of para-hydroxylation sites is 1. The van der Waals surface area contributed by atoms with Gasteiger partial charge in [0.05, 0.1) is 18.2 Å². The fourth-order valence-corrected chi connectivity index (χ4v) is 6.62. The Labute approximate surface area is 226 Å². The first-order chi connectivity index (χ1) is 18.6. The molecule has 1 saturated heterocycles. The van der Waals surface area contributed by atoms with E-state index in [9.17, 15) is 9.59 Å². The van der Waals surface area contributed by atoms with Gasteiger partial charge in [-0.15, -0.1) is 11.3 Å². The number of fused-ring (bicyclic) bond motifs is 2. The van der Waals surface area contributed by atoms with E-state index in [0.717, 1.165) is 78.2 Å². The normalized spacial score (nSPS) is 19.4. The van der Waals surface area contributed by atoms with Crippen molar-refractivity contribution in [2.45, 2.75) is 57.0 Å². The molecular weight excluding hydrogens is 496 g/mol. The van der Waals surface area contributed by atoms with E-state index in [1.54, 1.807) is 0 Å². The number of hydrogen-bond acceptors (Lipinski definition) is 6. The highest BCUT2D eigenvalue weighted by Gasteiger charge is 2.33. The lowest BCUT2D eigenvalue weighted by atomic mass is 9.90. The number of carbonyl (C=O) groups excluding carboxylic acids is 2. The predicted molar refractivity (Wildman–Crippen MR) is 149 cm³/mol. The Morgan fingerprint density at radius 3 is 2.79 bits per heavy atom. The molecular formula is C30H32N4O3S. The zero-order valence-electron chi connectivity index (χ0n) is 21.3. The minimum atomic E-state index is -0.255. The second-order valence-electron chi connectivity index (χ2n) is 10.3. The summed E-state index contributed by atoms with van der Waals surface area (Å²) in [5, 5.41) is 7.97. The molecule has 1 fully saturated rings. The number of nitrogens with zero attached hydrogens (tertiary/aromatic N) is 2. The Kier molecular flexibility index (Phi) is 7.25. The van der Waals surface area contributed by atoms with Gasteiger partial charge in [-0.2, -0.15) is 0 Å². The smallest absolute Gasteiger partial charge is 0.229 e. The maximum absolute atomic E-state index is 13.3. The minimum absolute atomic E-state index is 0.0450.